The van der Waals surface area contributed by atoms with E-state index in [4.69, 9.17) is 4.42 Å². The summed E-state index contributed by atoms with van der Waals surface area (Å²) in [5.41, 5.74) is 0. The first-order chi connectivity index (χ1) is 4.70. The lowest BCUT2D eigenvalue weighted by atomic mass is 10.5. The number of rotatable bonds is 2. The Kier molecular flexibility index (Phi) is 2.74. The molecule has 0 saturated carbocycles. The third-order valence-corrected chi connectivity index (χ3v) is 2.44. The van der Waals surface area contributed by atoms with Gasteiger partial charge in [0.1, 0.15) is 5.76 Å². The molecule has 10 heavy (non-hydrogen) atoms. The van der Waals surface area contributed by atoms with Crippen LogP contribution in [0.5, 0.6) is 0 Å². The molecule has 0 fully saturated rings. The molecule has 0 aliphatic carbocycles. The molecule has 0 spiro atoms. The first kappa shape index (κ1) is 8.08. The quantitative estimate of drug-likeness (QED) is 0.420. The smallest absolute Gasteiger partial charge is 0.114 e. The molecule has 0 amide bonds. The molecule has 1 atom stereocenters. The summed E-state index contributed by atoms with van der Waals surface area (Å²) in [6.07, 6.45) is 1.70. The molecule has 1 heterocycles. The van der Waals surface area contributed by atoms with Crippen molar-refractivity contribution < 1.29 is 4.42 Å². The van der Waals surface area contributed by atoms with Gasteiger partial charge in [0.15, 0.2) is 0 Å². The lowest BCUT2D eigenvalue weighted by Crippen LogP contribution is -1.80. The van der Waals surface area contributed by atoms with Crippen molar-refractivity contribution in [2.45, 2.75) is 23.3 Å². The summed E-state index contributed by atoms with van der Waals surface area (Å²) in [4.78, 5) is 1.18. The fourth-order valence-electron chi connectivity index (χ4n) is 0.679. The number of hydrogen-bond acceptors (Lipinski definition) is 3. The Labute approximate surface area is 70.6 Å². The van der Waals surface area contributed by atoms with E-state index in [1.807, 2.05) is 19.9 Å². The van der Waals surface area contributed by atoms with Crippen LogP contribution in [0.15, 0.2) is 21.6 Å². The van der Waals surface area contributed by atoms with Gasteiger partial charge in [0.25, 0.3) is 0 Å². The monoisotopic (exact) mass is 174 g/mol. The van der Waals surface area contributed by atoms with E-state index >= 15 is 0 Å². The minimum absolute atomic E-state index is 0.330. The molecule has 3 heteroatoms. The topological polar surface area (TPSA) is 13.1 Å². The van der Waals surface area contributed by atoms with E-state index in [0.717, 1.165) is 5.76 Å². The highest BCUT2D eigenvalue weighted by molar-refractivity contribution is 8.10. The van der Waals surface area contributed by atoms with Gasteiger partial charge in [-0.25, -0.2) is 0 Å². The first-order valence-corrected chi connectivity index (χ1v) is 4.48. The summed E-state index contributed by atoms with van der Waals surface area (Å²) in [6, 6.07) is 1.96. The van der Waals surface area contributed by atoms with Crippen molar-refractivity contribution in [3.05, 3.63) is 18.1 Å². The largest absolute Gasteiger partial charge is 0.468 e. The second-order valence-corrected chi connectivity index (χ2v) is 4.56. The summed E-state index contributed by atoms with van der Waals surface area (Å²) in [6.45, 7) is 4.00. The van der Waals surface area contributed by atoms with E-state index in [2.05, 4.69) is 12.6 Å². The Bertz CT molecular complexity index is 205. The van der Waals surface area contributed by atoms with Crippen molar-refractivity contribution in [1.82, 2.24) is 0 Å². The third-order valence-electron chi connectivity index (χ3n) is 1.11. The molecule has 1 aromatic rings. The van der Waals surface area contributed by atoms with Crippen LogP contribution < -0.4 is 0 Å². The van der Waals surface area contributed by atoms with E-state index < -0.39 is 0 Å². The molecule has 0 radical (unpaired) electrons. The predicted molar refractivity (Wildman–Crippen MR) is 47.8 cm³/mol. The zero-order valence-corrected chi connectivity index (χ0v) is 7.71. The second-order valence-electron chi connectivity index (χ2n) is 2.06. The van der Waals surface area contributed by atoms with Gasteiger partial charge in [-0.1, -0.05) is 0 Å². The van der Waals surface area contributed by atoms with Gasteiger partial charge < -0.3 is 4.42 Å². The van der Waals surface area contributed by atoms with Crippen molar-refractivity contribution in [3.63, 3.8) is 0 Å². The van der Waals surface area contributed by atoms with Crippen molar-refractivity contribution in [3.8, 4) is 0 Å². The van der Waals surface area contributed by atoms with Crippen molar-refractivity contribution in [2.75, 3.05) is 0 Å². The first-order valence-electron chi connectivity index (χ1n) is 3.09. The van der Waals surface area contributed by atoms with Gasteiger partial charge in [-0.05, 0) is 19.9 Å². The summed E-state index contributed by atoms with van der Waals surface area (Å²) >= 11 is 5.96. The zero-order valence-electron chi connectivity index (χ0n) is 6.00. The van der Waals surface area contributed by atoms with Crippen LogP contribution in [-0.2, 0) is 0 Å². The maximum Gasteiger partial charge on any atom is 0.114 e. The van der Waals surface area contributed by atoms with Crippen molar-refractivity contribution in [1.29, 1.82) is 0 Å². The molecule has 0 N–H and O–H groups in total. The van der Waals surface area contributed by atoms with E-state index in [1.165, 1.54) is 4.90 Å². The van der Waals surface area contributed by atoms with Crippen LogP contribution in [0.25, 0.3) is 0 Å². The molecular formula is C7H10OS2. The van der Waals surface area contributed by atoms with Crippen LogP contribution in [0.2, 0.25) is 0 Å². The van der Waals surface area contributed by atoms with Crippen molar-refractivity contribution >= 4 is 24.4 Å². The summed E-state index contributed by atoms with van der Waals surface area (Å²) < 4.78 is 5.44. The predicted octanol–water partition coefficient (Wildman–Crippen LogP) is 2.96. The van der Waals surface area contributed by atoms with Crippen LogP contribution in [0.1, 0.15) is 12.7 Å². The van der Waals surface area contributed by atoms with E-state index in [0.29, 0.717) is 4.58 Å². The Hall–Kier alpha value is -0.0200. The average Bonchev–Trinajstić information content (AvgIpc) is 2.15. The molecule has 1 nitrogen and oxygen atoms in total. The summed E-state index contributed by atoms with van der Waals surface area (Å²) in [7, 11) is 0. The molecule has 0 aliphatic heterocycles. The highest BCUT2D eigenvalue weighted by Crippen LogP contribution is 2.28. The average molecular weight is 174 g/mol. The number of hydrogen-bond donors (Lipinski definition) is 1. The van der Waals surface area contributed by atoms with E-state index in [1.54, 1.807) is 18.0 Å². The Morgan fingerprint density at radius 1 is 1.70 bits per heavy atom. The standard InChI is InChI=1S/C7H10OS2/c1-5-7(3-4-8-5)10-6(2)9/h3-4,6,9H,1-2H3. The highest BCUT2D eigenvalue weighted by Gasteiger charge is 2.03. The van der Waals surface area contributed by atoms with Gasteiger partial charge in [0, 0.05) is 9.48 Å². The zero-order chi connectivity index (χ0) is 7.56. The minimum Gasteiger partial charge on any atom is -0.468 e. The van der Waals surface area contributed by atoms with Crippen LogP contribution in [0, 0.1) is 6.92 Å². The maximum atomic E-state index is 5.11. The SMILES string of the molecule is Cc1occc1SC(C)S. The number of thiol groups is 1. The summed E-state index contributed by atoms with van der Waals surface area (Å²) in [5.74, 6) is 0.978. The molecule has 1 rings (SSSR count). The molecule has 1 aromatic heterocycles. The minimum atomic E-state index is 0.330. The van der Waals surface area contributed by atoms with E-state index in [-0.39, 0.29) is 0 Å². The van der Waals surface area contributed by atoms with Gasteiger partial charge in [-0.15, -0.1) is 11.8 Å². The third kappa shape index (κ3) is 1.99. The molecule has 56 valence electrons. The lowest BCUT2D eigenvalue weighted by molar-refractivity contribution is 0.527. The molecule has 0 bridgehead atoms. The van der Waals surface area contributed by atoms with Crippen molar-refractivity contribution in [2.24, 2.45) is 0 Å². The molecule has 1 unspecified atom stereocenters. The molecule has 0 saturated heterocycles. The van der Waals surface area contributed by atoms with Crippen LogP contribution in [-0.4, -0.2) is 4.58 Å². The van der Waals surface area contributed by atoms with Gasteiger partial charge in [-0.3, -0.25) is 0 Å². The second kappa shape index (κ2) is 3.39. The van der Waals surface area contributed by atoms with Crippen LogP contribution >= 0.6 is 24.4 Å². The number of thioether (sulfide) groups is 1. The van der Waals surface area contributed by atoms with E-state index in [9.17, 15) is 0 Å². The fourth-order valence-corrected chi connectivity index (χ4v) is 1.74. The summed E-state index contributed by atoms with van der Waals surface area (Å²) in [5, 5.41) is 0. The molecule has 0 aromatic carbocycles. The molecular weight excluding hydrogens is 164 g/mol. The Morgan fingerprint density at radius 2 is 2.40 bits per heavy atom. The fraction of sp³-hybridized carbons (Fsp3) is 0.429. The molecule has 0 aliphatic rings. The van der Waals surface area contributed by atoms with Gasteiger partial charge in [0.2, 0.25) is 0 Å². The Morgan fingerprint density at radius 3 is 2.80 bits per heavy atom. The van der Waals surface area contributed by atoms with Crippen LogP contribution in [0.4, 0.5) is 0 Å². The number of furan rings is 1. The maximum absolute atomic E-state index is 5.11. The van der Waals surface area contributed by atoms with Crippen LogP contribution in [0.3, 0.4) is 0 Å². The number of aryl methyl sites for hydroxylation is 1. The van der Waals surface area contributed by atoms with Gasteiger partial charge >= 0.3 is 0 Å². The van der Waals surface area contributed by atoms with Gasteiger partial charge in [0.05, 0.1) is 6.26 Å². The van der Waals surface area contributed by atoms with Gasteiger partial charge in [-0.2, -0.15) is 12.6 Å². The normalized spacial score (nSPS) is 13.5. The Balaban J connectivity index is 2.65. The lowest BCUT2D eigenvalue weighted by Gasteiger charge is -2.00. The highest BCUT2D eigenvalue weighted by atomic mass is 32.2.